The van der Waals surface area contributed by atoms with E-state index in [1.54, 1.807) is 0 Å². The molecule has 0 radical (unpaired) electrons. The maximum Gasteiger partial charge on any atom is 0.167 e. The van der Waals surface area contributed by atoms with Gasteiger partial charge in [-0.2, -0.15) is 0 Å². The molecule has 0 aromatic heterocycles. The lowest BCUT2D eigenvalue weighted by Crippen LogP contribution is -2.34. The highest BCUT2D eigenvalue weighted by Gasteiger charge is 2.15. The van der Waals surface area contributed by atoms with Crippen molar-refractivity contribution in [3.8, 4) is 5.75 Å². The van der Waals surface area contributed by atoms with Gasteiger partial charge in [0.2, 0.25) is 0 Å². The fourth-order valence-electron chi connectivity index (χ4n) is 2.08. The van der Waals surface area contributed by atoms with Crippen LogP contribution >= 0.6 is 0 Å². The minimum atomic E-state index is -0.675. The van der Waals surface area contributed by atoms with Gasteiger partial charge in [-0.3, -0.25) is 0 Å². The summed E-state index contributed by atoms with van der Waals surface area (Å²) in [6.45, 7) is 4.04. The van der Waals surface area contributed by atoms with Crippen molar-refractivity contribution >= 4 is 0 Å². The maximum absolute atomic E-state index is 13.4. The van der Waals surface area contributed by atoms with Crippen LogP contribution in [0.15, 0.2) is 18.2 Å². The molecular formula is C14H19F2NO2. The summed E-state index contributed by atoms with van der Waals surface area (Å²) in [5, 5.41) is 3.23. The van der Waals surface area contributed by atoms with Crippen molar-refractivity contribution in [2.24, 2.45) is 0 Å². The molecular weight excluding hydrogens is 252 g/mol. The normalized spacial score (nSPS) is 20.5. The summed E-state index contributed by atoms with van der Waals surface area (Å²) >= 11 is 0. The fourth-order valence-corrected chi connectivity index (χ4v) is 2.08. The molecule has 1 fully saturated rings. The molecule has 2 atom stereocenters. The Kier molecular flexibility index (Phi) is 5.10. The molecule has 106 valence electrons. The van der Waals surface area contributed by atoms with Gasteiger partial charge in [-0.1, -0.05) is 0 Å². The molecule has 1 aliphatic rings. The molecule has 3 nitrogen and oxygen atoms in total. The van der Waals surface area contributed by atoms with E-state index in [4.69, 9.17) is 9.47 Å². The maximum atomic E-state index is 13.4. The van der Waals surface area contributed by atoms with Crippen LogP contribution < -0.4 is 10.1 Å². The molecule has 0 spiro atoms. The van der Waals surface area contributed by atoms with Crippen molar-refractivity contribution in [2.75, 3.05) is 19.7 Å². The number of rotatable bonds is 6. The van der Waals surface area contributed by atoms with Crippen LogP contribution in [-0.4, -0.2) is 31.9 Å². The highest BCUT2D eigenvalue weighted by molar-refractivity contribution is 5.24. The molecule has 0 amide bonds. The Morgan fingerprint density at radius 3 is 3.00 bits per heavy atom. The van der Waals surface area contributed by atoms with E-state index >= 15 is 0 Å². The third-order valence-electron chi connectivity index (χ3n) is 3.05. The lowest BCUT2D eigenvalue weighted by Gasteiger charge is -2.17. The Labute approximate surface area is 111 Å². The lowest BCUT2D eigenvalue weighted by molar-refractivity contribution is 0.106. The second-order valence-electron chi connectivity index (χ2n) is 4.80. The zero-order chi connectivity index (χ0) is 13.7. The number of hydrogen-bond acceptors (Lipinski definition) is 3. The summed E-state index contributed by atoms with van der Waals surface area (Å²) in [6.07, 6.45) is 2.27. The average Bonchev–Trinajstić information content (AvgIpc) is 2.86. The summed E-state index contributed by atoms with van der Waals surface area (Å²) < 4.78 is 37.0. The number of halogens is 2. The molecule has 1 aromatic carbocycles. The van der Waals surface area contributed by atoms with Gasteiger partial charge in [-0.25, -0.2) is 8.78 Å². The van der Waals surface area contributed by atoms with E-state index in [2.05, 4.69) is 5.32 Å². The van der Waals surface area contributed by atoms with E-state index in [1.807, 2.05) is 6.92 Å². The molecule has 0 bridgehead atoms. The summed E-state index contributed by atoms with van der Waals surface area (Å²) in [5.74, 6) is -1.20. The second-order valence-corrected chi connectivity index (χ2v) is 4.80. The highest BCUT2D eigenvalue weighted by atomic mass is 19.1. The van der Waals surface area contributed by atoms with Gasteiger partial charge in [-0.15, -0.1) is 0 Å². The predicted molar refractivity (Wildman–Crippen MR) is 68.3 cm³/mol. The Bertz CT molecular complexity index is 408. The number of nitrogens with one attached hydrogen (secondary N) is 1. The first-order valence-corrected chi connectivity index (χ1v) is 6.59. The topological polar surface area (TPSA) is 30.5 Å². The molecule has 1 N–H and O–H groups in total. The monoisotopic (exact) mass is 271 g/mol. The number of ether oxygens (including phenoxy) is 2. The van der Waals surface area contributed by atoms with Crippen LogP contribution in [0.2, 0.25) is 0 Å². The molecule has 0 aliphatic carbocycles. The van der Waals surface area contributed by atoms with Gasteiger partial charge in [-0.05, 0) is 31.9 Å². The molecule has 0 saturated carbocycles. The van der Waals surface area contributed by atoms with Crippen molar-refractivity contribution in [2.45, 2.75) is 32.0 Å². The zero-order valence-electron chi connectivity index (χ0n) is 11.0. The largest absolute Gasteiger partial charge is 0.486 e. The molecule has 1 aromatic rings. The van der Waals surface area contributed by atoms with Crippen LogP contribution in [0.4, 0.5) is 8.78 Å². The number of hydrogen-bond donors (Lipinski definition) is 1. The standard InChI is InChI=1S/C14H19F2NO2/c1-10(8-17-9-12-3-2-6-18-12)19-14-5-4-11(15)7-13(14)16/h4-5,7,10,12,17H,2-3,6,8-9H2,1H3. The summed E-state index contributed by atoms with van der Waals surface area (Å²) in [6, 6.07) is 3.31. The molecule has 2 unspecified atom stereocenters. The summed E-state index contributed by atoms with van der Waals surface area (Å²) in [4.78, 5) is 0. The smallest absolute Gasteiger partial charge is 0.167 e. The van der Waals surface area contributed by atoms with Crippen LogP contribution in [0.1, 0.15) is 19.8 Å². The third-order valence-corrected chi connectivity index (χ3v) is 3.05. The lowest BCUT2D eigenvalue weighted by atomic mass is 10.2. The SMILES string of the molecule is CC(CNCC1CCCO1)Oc1ccc(F)cc1F. The van der Waals surface area contributed by atoms with Crippen molar-refractivity contribution in [3.63, 3.8) is 0 Å². The molecule has 1 heterocycles. The van der Waals surface area contributed by atoms with Gasteiger partial charge in [0.1, 0.15) is 11.9 Å². The van der Waals surface area contributed by atoms with Crippen molar-refractivity contribution < 1.29 is 18.3 Å². The first kappa shape index (κ1) is 14.2. The quantitative estimate of drug-likeness (QED) is 0.862. The van der Waals surface area contributed by atoms with E-state index in [9.17, 15) is 8.78 Å². The van der Waals surface area contributed by atoms with Crippen LogP contribution in [0, 0.1) is 11.6 Å². The Morgan fingerprint density at radius 2 is 2.32 bits per heavy atom. The second kappa shape index (κ2) is 6.82. The van der Waals surface area contributed by atoms with Gasteiger partial charge in [0.15, 0.2) is 11.6 Å². The van der Waals surface area contributed by atoms with Gasteiger partial charge >= 0.3 is 0 Å². The average molecular weight is 271 g/mol. The van der Waals surface area contributed by atoms with Gasteiger partial charge in [0.25, 0.3) is 0 Å². The fraction of sp³-hybridized carbons (Fsp3) is 0.571. The van der Waals surface area contributed by atoms with E-state index in [0.717, 1.165) is 32.1 Å². The summed E-state index contributed by atoms with van der Waals surface area (Å²) in [5.41, 5.74) is 0. The Hall–Kier alpha value is -1.20. The van der Waals surface area contributed by atoms with E-state index in [-0.39, 0.29) is 18.0 Å². The van der Waals surface area contributed by atoms with Gasteiger partial charge < -0.3 is 14.8 Å². The third kappa shape index (κ3) is 4.44. The molecule has 1 saturated heterocycles. The molecule has 2 rings (SSSR count). The minimum Gasteiger partial charge on any atom is -0.486 e. The van der Waals surface area contributed by atoms with Crippen molar-refractivity contribution in [1.82, 2.24) is 5.32 Å². The van der Waals surface area contributed by atoms with Crippen molar-refractivity contribution in [3.05, 3.63) is 29.8 Å². The van der Waals surface area contributed by atoms with E-state index < -0.39 is 11.6 Å². The van der Waals surface area contributed by atoms with Crippen LogP contribution in [0.5, 0.6) is 5.75 Å². The first-order chi connectivity index (χ1) is 9.15. The highest BCUT2D eigenvalue weighted by Crippen LogP contribution is 2.18. The molecule has 5 heteroatoms. The van der Waals surface area contributed by atoms with Gasteiger partial charge in [0.05, 0.1) is 6.10 Å². The zero-order valence-corrected chi connectivity index (χ0v) is 11.0. The predicted octanol–water partition coefficient (Wildman–Crippen LogP) is 2.50. The van der Waals surface area contributed by atoms with Crippen molar-refractivity contribution in [1.29, 1.82) is 0 Å². The van der Waals surface area contributed by atoms with E-state index in [1.165, 1.54) is 12.1 Å². The van der Waals surface area contributed by atoms with E-state index in [0.29, 0.717) is 6.54 Å². The van der Waals surface area contributed by atoms with Crippen LogP contribution in [0.3, 0.4) is 0 Å². The number of benzene rings is 1. The van der Waals surface area contributed by atoms with Crippen LogP contribution in [-0.2, 0) is 4.74 Å². The minimum absolute atomic E-state index is 0.0767. The first-order valence-electron chi connectivity index (χ1n) is 6.59. The molecule has 19 heavy (non-hydrogen) atoms. The Morgan fingerprint density at radius 1 is 1.47 bits per heavy atom. The summed E-state index contributed by atoms with van der Waals surface area (Å²) in [7, 11) is 0. The Balaban J connectivity index is 1.72. The van der Waals surface area contributed by atoms with Crippen LogP contribution in [0.25, 0.3) is 0 Å². The van der Waals surface area contributed by atoms with Gasteiger partial charge in [0, 0.05) is 25.8 Å². The molecule has 1 aliphatic heterocycles.